The summed E-state index contributed by atoms with van der Waals surface area (Å²) in [4.78, 5) is 16.6. The van der Waals surface area contributed by atoms with E-state index in [-0.39, 0.29) is 17.9 Å². The molecule has 0 aliphatic carbocycles. The number of anilines is 1. The van der Waals surface area contributed by atoms with E-state index in [0.29, 0.717) is 0 Å². The number of aromatic nitrogens is 1. The Kier molecular flexibility index (Phi) is 4.49. The van der Waals surface area contributed by atoms with Gasteiger partial charge < -0.3 is 10.6 Å². The minimum atomic E-state index is -0.294. The van der Waals surface area contributed by atoms with Gasteiger partial charge in [-0.3, -0.25) is 0 Å². The maximum Gasteiger partial charge on any atom is 0.319 e. The van der Waals surface area contributed by atoms with E-state index in [0.717, 1.165) is 32.0 Å². The van der Waals surface area contributed by atoms with Crippen molar-refractivity contribution in [2.24, 2.45) is 0 Å². The van der Waals surface area contributed by atoms with Gasteiger partial charge in [0, 0.05) is 5.69 Å². The van der Waals surface area contributed by atoms with Crippen LogP contribution in [-0.4, -0.2) is 11.0 Å². The number of nitrogens with one attached hydrogen (secondary N) is 2. The fourth-order valence-electron chi connectivity index (χ4n) is 2.57. The molecule has 0 bridgehead atoms. The van der Waals surface area contributed by atoms with E-state index < -0.39 is 0 Å². The maximum atomic E-state index is 13.3. The van der Waals surface area contributed by atoms with Gasteiger partial charge >= 0.3 is 6.03 Å². The van der Waals surface area contributed by atoms with Gasteiger partial charge in [0.1, 0.15) is 10.8 Å². The van der Waals surface area contributed by atoms with Crippen molar-refractivity contribution in [1.29, 1.82) is 0 Å². The summed E-state index contributed by atoms with van der Waals surface area (Å²) < 4.78 is 14.0. The predicted molar refractivity (Wildman–Crippen MR) is 96.1 cm³/mol. The molecule has 4 nitrogen and oxygen atoms in total. The lowest BCUT2D eigenvalue weighted by Gasteiger charge is -2.13. The number of aryl methyl sites for hydroxylation is 2. The molecule has 2 amide bonds. The summed E-state index contributed by atoms with van der Waals surface area (Å²) in [6.45, 7) is 5.83. The fraction of sp³-hybridized carbons (Fsp3) is 0.222. The lowest BCUT2D eigenvalue weighted by atomic mass is 10.1. The quantitative estimate of drug-likeness (QED) is 0.708. The Bertz CT molecular complexity index is 886. The Morgan fingerprint density at radius 3 is 2.58 bits per heavy atom. The number of carbonyl (C=O) groups is 1. The Hall–Kier alpha value is -2.47. The van der Waals surface area contributed by atoms with Crippen molar-refractivity contribution >= 4 is 33.3 Å². The van der Waals surface area contributed by atoms with Crippen molar-refractivity contribution in [3.05, 3.63) is 58.3 Å². The predicted octanol–water partition coefficient (Wildman–Crippen LogP) is 4.93. The van der Waals surface area contributed by atoms with Crippen LogP contribution in [0.25, 0.3) is 10.2 Å². The summed E-state index contributed by atoms with van der Waals surface area (Å²) in [5.41, 5.74) is 3.67. The molecule has 3 aromatic rings. The van der Waals surface area contributed by atoms with Crippen molar-refractivity contribution in [1.82, 2.24) is 10.3 Å². The smallest absolute Gasteiger partial charge is 0.319 e. The number of halogens is 1. The van der Waals surface area contributed by atoms with Crippen molar-refractivity contribution < 1.29 is 9.18 Å². The summed E-state index contributed by atoms with van der Waals surface area (Å²) in [7, 11) is 0. The number of nitrogens with zero attached hydrogens (tertiary/aromatic N) is 1. The highest BCUT2D eigenvalue weighted by molar-refractivity contribution is 7.18. The standard InChI is InChI=1S/C18H18FN3OS/c1-10-6-11(2)8-14(7-10)21-18(23)20-12(3)17-22-15-5-4-13(19)9-16(15)24-17/h4-9,12H,1-3H3,(H2,20,21,23)/t12-/m1/s1. The zero-order chi connectivity index (χ0) is 17.3. The van der Waals surface area contributed by atoms with Crippen molar-refractivity contribution in [2.75, 3.05) is 5.32 Å². The molecule has 2 N–H and O–H groups in total. The second-order valence-electron chi connectivity index (χ2n) is 5.86. The Labute approximate surface area is 143 Å². The van der Waals surface area contributed by atoms with Crippen LogP contribution >= 0.6 is 11.3 Å². The van der Waals surface area contributed by atoms with E-state index in [4.69, 9.17) is 0 Å². The molecule has 0 aliphatic rings. The largest absolute Gasteiger partial charge is 0.329 e. The molecule has 3 rings (SSSR count). The molecule has 0 fully saturated rings. The molecule has 24 heavy (non-hydrogen) atoms. The second kappa shape index (κ2) is 6.57. The first-order valence-electron chi connectivity index (χ1n) is 7.62. The van der Waals surface area contributed by atoms with Gasteiger partial charge in [-0.15, -0.1) is 11.3 Å². The molecular weight excluding hydrogens is 325 g/mol. The monoisotopic (exact) mass is 343 g/mol. The van der Waals surface area contributed by atoms with E-state index in [1.165, 1.54) is 23.5 Å². The number of amides is 2. The van der Waals surface area contributed by atoms with Gasteiger partial charge in [0.05, 0.1) is 16.3 Å². The Balaban J connectivity index is 1.70. The fourth-order valence-corrected chi connectivity index (χ4v) is 3.57. The van der Waals surface area contributed by atoms with Crippen LogP contribution in [-0.2, 0) is 0 Å². The highest BCUT2D eigenvalue weighted by atomic mass is 32.1. The van der Waals surface area contributed by atoms with Crippen molar-refractivity contribution in [3.63, 3.8) is 0 Å². The number of rotatable bonds is 3. The first kappa shape index (κ1) is 16.4. The highest BCUT2D eigenvalue weighted by Crippen LogP contribution is 2.27. The van der Waals surface area contributed by atoms with Crippen LogP contribution in [0.2, 0.25) is 0 Å². The average molecular weight is 343 g/mol. The first-order chi connectivity index (χ1) is 11.4. The van der Waals surface area contributed by atoms with Crippen molar-refractivity contribution in [2.45, 2.75) is 26.8 Å². The molecule has 1 atom stereocenters. The van der Waals surface area contributed by atoms with Crippen LogP contribution in [0.15, 0.2) is 36.4 Å². The van der Waals surface area contributed by atoms with E-state index >= 15 is 0 Å². The van der Waals surface area contributed by atoms with Gasteiger partial charge in [0.2, 0.25) is 0 Å². The third-order valence-corrected chi connectivity index (χ3v) is 4.77. The van der Waals surface area contributed by atoms with Gasteiger partial charge in [-0.25, -0.2) is 14.2 Å². The summed E-state index contributed by atoms with van der Waals surface area (Å²) in [5.74, 6) is -0.286. The molecule has 1 aromatic heterocycles. The van der Waals surface area contributed by atoms with Gasteiger partial charge in [-0.2, -0.15) is 0 Å². The van der Waals surface area contributed by atoms with Crippen LogP contribution in [0.5, 0.6) is 0 Å². The molecule has 0 aliphatic heterocycles. The zero-order valence-electron chi connectivity index (χ0n) is 13.7. The molecule has 6 heteroatoms. The number of hydrogen-bond donors (Lipinski definition) is 2. The SMILES string of the molecule is Cc1cc(C)cc(NC(=O)N[C@H](C)c2nc3ccc(F)cc3s2)c1. The Morgan fingerprint density at radius 1 is 1.17 bits per heavy atom. The summed E-state index contributed by atoms with van der Waals surface area (Å²) in [6.07, 6.45) is 0. The van der Waals surface area contributed by atoms with Crippen LogP contribution in [0.3, 0.4) is 0 Å². The number of hydrogen-bond acceptors (Lipinski definition) is 3. The number of benzene rings is 2. The molecule has 0 saturated carbocycles. The second-order valence-corrected chi connectivity index (χ2v) is 6.92. The van der Waals surface area contributed by atoms with Crippen LogP contribution < -0.4 is 10.6 Å². The van der Waals surface area contributed by atoms with E-state index in [2.05, 4.69) is 15.6 Å². The van der Waals surface area contributed by atoms with Gasteiger partial charge in [0.15, 0.2) is 0 Å². The topological polar surface area (TPSA) is 54.0 Å². The lowest BCUT2D eigenvalue weighted by Crippen LogP contribution is -2.31. The first-order valence-corrected chi connectivity index (χ1v) is 8.44. The zero-order valence-corrected chi connectivity index (χ0v) is 14.5. The van der Waals surface area contributed by atoms with Gasteiger partial charge in [-0.1, -0.05) is 6.07 Å². The molecule has 2 aromatic carbocycles. The number of urea groups is 1. The third kappa shape index (κ3) is 3.71. The minimum Gasteiger partial charge on any atom is -0.329 e. The molecule has 1 heterocycles. The molecule has 124 valence electrons. The average Bonchev–Trinajstić information content (AvgIpc) is 2.88. The summed E-state index contributed by atoms with van der Waals surface area (Å²) in [6, 6.07) is 9.80. The normalized spacial score (nSPS) is 12.2. The highest BCUT2D eigenvalue weighted by Gasteiger charge is 2.14. The Morgan fingerprint density at radius 2 is 1.88 bits per heavy atom. The van der Waals surface area contributed by atoms with Crippen LogP contribution in [0.4, 0.5) is 14.9 Å². The molecular formula is C18H18FN3OS. The van der Waals surface area contributed by atoms with E-state index in [9.17, 15) is 9.18 Å². The summed E-state index contributed by atoms with van der Waals surface area (Å²) >= 11 is 1.38. The van der Waals surface area contributed by atoms with Crippen molar-refractivity contribution in [3.8, 4) is 0 Å². The molecule has 0 saturated heterocycles. The molecule has 0 radical (unpaired) electrons. The number of thiazole rings is 1. The number of carbonyl (C=O) groups excluding carboxylic acids is 1. The lowest BCUT2D eigenvalue weighted by molar-refractivity contribution is 0.249. The van der Waals surface area contributed by atoms with Gasteiger partial charge in [0.25, 0.3) is 0 Å². The van der Waals surface area contributed by atoms with Gasteiger partial charge in [-0.05, 0) is 62.2 Å². The van der Waals surface area contributed by atoms with Crippen LogP contribution in [0, 0.1) is 19.7 Å². The molecule has 0 unspecified atom stereocenters. The van der Waals surface area contributed by atoms with E-state index in [1.807, 2.05) is 39.0 Å². The number of fused-ring (bicyclic) bond motifs is 1. The van der Waals surface area contributed by atoms with Crippen LogP contribution in [0.1, 0.15) is 29.1 Å². The molecule has 0 spiro atoms. The maximum absolute atomic E-state index is 13.3. The summed E-state index contributed by atoms with van der Waals surface area (Å²) in [5, 5.41) is 6.44. The van der Waals surface area contributed by atoms with E-state index in [1.54, 1.807) is 6.07 Å². The minimum absolute atomic E-state index is 0.267. The third-order valence-electron chi connectivity index (χ3n) is 3.56.